The summed E-state index contributed by atoms with van der Waals surface area (Å²) in [6.45, 7) is 1.85. The standard InChI is InChI=1S/C41H28N4O2/c1-27-39-40(45(42-27)30-17-9-4-10-18-30)35-26-32(22-24-38(35)47-41(39)46)44-36-20-12-11-19-33(36)34-25-31(21-23-37(34)44)43(28-13-5-2-6-14-28)29-15-7-3-8-16-29/h2-26H,1H3. The minimum atomic E-state index is -0.384. The number of anilines is 3. The van der Waals surface area contributed by atoms with Crippen molar-refractivity contribution in [2.75, 3.05) is 4.90 Å². The number of hydrogen-bond acceptors (Lipinski definition) is 4. The fraction of sp³-hybridized carbons (Fsp3) is 0.0244. The van der Waals surface area contributed by atoms with Crippen LogP contribution in [0.5, 0.6) is 0 Å². The summed E-state index contributed by atoms with van der Waals surface area (Å²) in [6, 6.07) is 52.0. The summed E-state index contributed by atoms with van der Waals surface area (Å²) in [5, 5.41) is 8.40. The van der Waals surface area contributed by atoms with Crippen LogP contribution in [0.1, 0.15) is 5.69 Å². The molecule has 0 unspecified atom stereocenters. The van der Waals surface area contributed by atoms with Gasteiger partial charge in [0.05, 0.1) is 27.9 Å². The third-order valence-corrected chi connectivity index (χ3v) is 8.89. The number of nitrogens with zero attached hydrogens (tertiary/aromatic N) is 4. The van der Waals surface area contributed by atoms with E-state index in [0.717, 1.165) is 61.1 Å². The normalized spacial score (nSPS) is 11.6. The van der Waals surface area contributed by atoms with Gasteiger partial charge in [-0.3, -0.25) is 0 Å². The predicted octanol–water partition coefficient (Wildman–Crippen LogP) is 10.0. The molecule has 6 nitrogen and oxygen atoms in total. The Hall–Kier alpha value is -6.40. The number of hydrogen-bond donors (Lipinski definition) is 0. The third-order valence-electron chi connectivity index (χ3n) is 8.89. The lowest BCUT2D eigenvalue weighted by Crippen LogP contribution is -2.09. The Balaban J connectivity index is 1.30. The van der Waals surface area contributed by atoms with E-state index < -0.39 is 0 Å². The SMILES string of the molecule is Cc1nn(-c2ccccc2)c2c1c(=O)oc1ccc(-n3c4ccccc4c4cc(N(c5ccccc5)c5ccccc5)ccc43)cc12. The summed E-state index contributed by atoms with van der Waals surface area (Å²) in [6.07, 6.45) is 0. The van der Waals surface area contributed by atoms with Gasteiger partial charge in [0, 0.05) is 38.9 Å². The third kappa shape index (κ3) is 4.26. The molecule has 0 fully saturated rings. The zero-order valence-corrected chi connectivity index (χ0v) is 25.5. The lowest BCUT2D eigenvalue weighted by atomic mass is 10.1. The first-order chi connectivity index (χ1) is 23.2. The fourth-order valence-electron chi connectivity index (χ4n) is 6.84. The number of para-hydroxylation sites is 4. The molecule has 3 aromatic heterocycles. The molecular formula is C41H28N4O2. The van der Waals surface area contributed by atoms with Crippen molar-refractivity contribution in [3.63, 3.8) is 0 Å². The number of aryl methyl sites for hydroxylation is 1. The van der Waals surface area contributed by atoms with E-state index in [2.05, 4.69) is 107 Å². The molecule has 0 aliphatic rings. The lowest BCUT2D eigenvalue weighted by Gasteiger charge is -2.25. The molecule has 0 aliphatic heterocycles. The summed E-state index contributed by atoms with van der Waals surface area (Å²) in [4.78, 5) is 15.5. The molecule has 0 spiro atoms. The van der Waals surface area contributed by atoms with Gasteiger partial charge in [-0.15, -0.1) is 0 Å². The maximum absolute atomic E-state index is 13.2. The van der Waals surface area contributed by atoms with Crippen molar-refractivity contribution in [3.05, 3.63) is 168 Å². The molecule has 0 bridgehead atoms. The van der Waals surface area contributed by atoms with Crippen molar-refractivity contribution in [2.45, 2.75) is 6.92 Å². The van der Waals surface area contributed by atoms with Crippen LogP contribution in [0.2, 0.25) is 0 Å². The number of fused-ring (bicyclic) bond motifs is 6. The van der Waals surface area contributed by atoms with Crippen LogP contribution in [0.25, 0.3) is 55.1 Å². The van der Waals surface area contributed by atoms with Gasteiger partial charge < -0.3 is 13.9 Å². The maximum atomic E-state index is 13.2. The van der Waals surface area contributed by atoms with E-state index in [9.17, 15) is 4.79 Å². The number of aromatic nitrogens is 3. The van der Waals surface area contributed by atoms with Gasteiger partial charge in [0.2, 0.25) is 0 Å². The molecule has 0 saturated carbocycles. The zero-order valence-electron chi connectivity index (χ0n) is 25.5. The van der Waals surface area contributed by atoms with Gasteiger partial charge in [-0.1, -0.05) is 72.8 Å². The van der Waals surface area contributed by atoms with E-state index >= 15 is 0 Å². The van der Waals surface area contributed by atoms with Gasteiger partial charge in [0.25, 0.3) is 0 Å². The van der Waals surface area contributed by atoms with Crippen molar-refractivity contribution in [2.24, 2.45) is 0 Å². The molecule has 0 radical (unpaired) electrons. The topological polar surface area (TPSA) is 56.2 Å². The van der Waals surface area contributed by atoms with Gasteiger partial charge in [-0.05, 0) is 85.8 Å². The van der Waals surface area contributed by atoms with E-state index in [0.29, 0.717) is 16.7 Å². The molecule has 0 N–H and O–H groups in total. The highest BCUT2D eigenvalue weighted by molar-refractivity contribution is 6.11. The molecule has 224 valence electrons. The summed E-state index contributed by atoms with van der Waals surface area (Å²) in [5.74, 6) is 0. The molecular weight excluding hydrogens is 580 g/mol. The molecule has 3 heterocycles. The van der Waals surface area contributed by atoms with Crippen molar-refractivity contribution in [3.8, 4) is 11.4 Å². The molecule has 9 rings (SSSR count). The van der Waals surface area contributed by atoms with Gasteiger partial charge in [0.15, 0.2) is 0 Å². The minimum Gasteiger partial charge on any atom is -0.422 e. The molecule has 0 aliphatic carbocycles. The highest BCUT2D eigenvalue weighted by atomic mass is 16.4. The first-order valence-corrected chi connectivity index (χ1v) is 15.6. The van der Waals surface area contributed by atoms with Gasteiger partial charge in [-0.25, -0.2) is 9.48 Å². The lowest BCUT2D eigenvalue weighted by molar-refractivity contribution is 0.569. The first kappa shape index (κ1) is 27.0. The zero-order chi connectivity index (χ0) is 31.5. The van der Waals surface area contributed by atoms with E-state index in [4.69, 9.17) is 9.52 Å². The van der Waals surface area contributed by atoms with Crippen molar-refractivity contribution in [1.29, 1.82) is 0 Å². The predicted molar refractivity (Wildman–Crippen MR) is 191 cm³/mol. The van der Waals surface area contributed by atoms with Crippen LogP contribution >= 0.6 is 0 Å². The highest BCUT2D eigenvalue weighted by Crippen LogP contribution is 2.40. The molecule has 0 saturated heterocycles. The van der Waals surface area contributed by atoms with E-state index in [-0.39, 0.29) is 5.63 Å². The van der Waals surface area contributed by atoms with Crippen LogP contribution < -0.4 is 10.5 Å². The maximum Gasteiger partial charge on any atom is 0.347 e. The van der Waals surface area contributed by atoms with Gasteiger partial charge in [-0.2, -0.15) is 5.10 Å². The fourth-order valence-corrected chi connectivity index (χ4v) is 6.84. The van der Waals surface area contributed by atoms with Crippen LogP contribution in [0, 0.1) is 6.92 Å². The van der Waals surface area contributed by atoms with Crippen LogP contribution in [0.15, 0.2) is 161 Å². The smallest absolute Gasteiger partial charge is 0.347 e. The van der Waals surface area contributed by atoms with Crippen molar-refractivity contribution >= 4 is 60.7 Å². The van der Waals surface area contributed by atoms with Gasteiger partial charge in [0.1, 0.15) is 11.0 Å². The Morgan fingerprint density at radius 3 is 1.94 bits per heavy atom. The average Bonchev–Trinajstić information content (AvgIpc) is 3.65. The number of rotatable bonds is 5. The van der Waals surface area contributed by atoms with E-state index in [1.807, 2.05) is 66.2 Å². The molecule has 0 amide bonds. The van der Waals surface area contributed by atoms with Crippen LogP contribution in [0.4, 0.5) is 17.1 Å². The van der Waals surface area contributed by atoms with E-state index in [1.165, 1.54) is 0 Å². The van der Waals surface area contributed by atoms with Crippen molar-refractivity contribution < 1.29 is 4.42 Å². The van der Waals surface area contributed by atoms with Crippen LogP contribution in [-0.2, 0) is 0 Å². The Bertz CT molecular complexity index is 2620. The van der Waals surface area contributed by atoms with Crippen LogP contribution in [-0.4, -0.2) is 14.3 Å². The second kappa shape index (κ2) is 10.6. The Morgan fingerprint density at radius 2 is 1.21 bits per heavy atom. The summed E-state index contributed by atoms with van der Waals surface area (Å²) >= 11 is 0. The summed E-state index contributed by atoms with van der Waals surface area (Å²) in [7, 11) is 0. The molecule has 6 heteroatoms. The molecule has 0 atom stereocenters. The van der Waals surface area contributed by atoms with Gasteiger partial charge >= 0.3 is 5.63 Å². The first-order valence-electron chi connectivity index (χ1n) is 15.6. The molecule has 6 aromatic carbocycles. The Kier molecular flexibility index (Phi) is 6.08. The Labute approximate surface area is 270 Å². The van der Waals surface area contributed by atoms with E-state index in [1.54, 1.807) is 0 Å². The second-order valence-corrected chi connectivity index (χ2v) is 11.7. The second-order valence-electron chi connectivity index (χ2n) is 11.7. The highest BCUT2D eigenvalue weighted by Gasteiger charge is 2.21. The number of benzene rings is 6. The quantitative estimate of drug-likeness (QED) is 0.183. The average molecular weight is 609 g/mol. The molecule has 9 aromatic rings. The summed E-state index contributed by atoms with van der Waals surface area (Å²) in [5.41, 5.74) is 8.78. The largest absolute Gasteiger partial charge is 0.422 e. The summed E-state index contributed by atoms with van der Waals surface area (Å²) < 4.78 is 10.00. The van der Waals surface area contributed by atoms with Crippen LogP contribution in [0.3, 0.4) is 0 Å². The minimum absolute atomic E-state index is 0.384. The van der Waals surface area contributed by atoms with Crippen molar-refractivity contribution in [1.82, 2.24) is 14.3 Å². The molecule has 47 heavy (non-hydrogen) atoms. The Morgan fingerprint density at radius 1 is 0.574 bits per heavy atom. The monoisotopic (exact) mass is 608 g/mol.